The summed E-state index contributed by atoms with van der Waals surface area (Å²) in [6.45, 7) is 5.76. The van der Waals surface area contributed by atoms with Crippen molar-refractivity contribution >= 4 is 27.2 Å². The standard InChI is InChI=1S/C14H18N6S/c1-10-4-5-12(17-8-10)15-6-3-7-16-13-19-20-9-11(2)18-14(20)21-13/h4-5,8-9H,3,6-7H2,1-2H3,(H,15,17)(H,16,19). The van der Waals surface area contributed by atoms with Crippen molar-refractivity contribution in [3.63, 3.8) is 0 Å². The zero-order valence-electron chi connectivity index (χ0n) is 12.1. The van der Waals surface area contributed by atoms with Crippen LogP contribution < -0.4 is 10.6 Å². The Labute approximate surface area is 127 Å². The Morgan fingerprint density at radius 2 is 2.05 bits per heavy atom. The van der Waals surface area contributed by atoms with Gasteiger partial charge in [-0.1, -0.05) is 17.4 Å². The lowest BCUT2D eigenvalue weighted by molar-refractivity contribution is 0.889. The smallest absolute Gasteiger partial charge is 0.214 e. The van der Waals surface area contributed by atoms with E-state index in [2.05, 4.69) is 31.8 Å². The predicted molar refractivity (Wildman–Crippen MR) is 86.2 cm³/mol. The van der Waals surface area contributed by atoms with Gasteiger partial charge in [-0.05, 0) is 31.9 Å². The number of anilines is 2. The van der Waals surface area contributed by atoms with Gasteiger partial charge in [0.1, 0.15) is 5.82 Å². The van der Waals surface area contributed by atoms with Crippen LogP contribution in [0, 0.1) is 13.8 Å². The molecule has 0 saturated heterocycles. The maximum Gasteiger partial charge on any atom is 0.214 e. The normalized spacial score (nSPS) is 11.0. The third-order valence-corrected chi connectivity index (χ3v) is 3.89. The van der Waals surface area contributed by atoms with Gasteiger partial charge in [-0.3, -0.25) is 0 Å². The minimum absolute atomic E-state index is 0.870. The summed E-state index contributed by atoms with van der Waals surface area (Å²) in [4.78, 5) is 9.62. The maximum absolute atomic E-state index is 4.43. The van der Waals surface area contributed by atoms with Crippen molar-refractivity contribution in [3.8, 4) is 0 Å². The summed E-state index contributed by atoms with van der Waals surface area (Å²) < 4.78 is 1.82. The van der Waals surface area contributed by atoms with Crippen LogP contribution in [0.2, 0.25) is 0 Å². The minimum Gasteiger partial charge on any atom is -0.370 e. The summed E-state index contributed by atoms with van der Waals surface area (Å²) >= 11 is 1.57. The van der Waals surface area contributed by atoms with Gasteiger partial charge >= 0.3 is 0 Å². The second-order valence-corrected chi connectivity index (χ2v) is 5.90. The molecule has 0 amide bonds. The Morgan fingerprint density at radius 1 is 1.19 bits per heavy atom. The molecule has 0 aromatic carbocycles. The average Bonchev–Trinajstić information content (AvgIpc) is 2.97. The molecule has 21 heavy (non-hydrogen) atoms. The van der Waals surface area contributed by atoms with Gasteiger partial charge in [0.05, 0.1) is 11.9 Å². The number of aromatic nitrogens is 4. The highest BCUT2D eigenvalue weighted by Crippen LogP contribution is 2.18. The molecule has 3 aromatic rings. The molecule has 6 nitrogen and oxygen atoms in total. The first kappa shape index (κ1) is 13.8. The van der Waals surface area contributed by atoms with Gasteiger partial charge in [0.2, 0.25) is 10.1 Å². The van der Waals surface area contributed by atoms with E-state index in [0.717, 1.165) is 41.1 Å². The maximum atomic E-state index is 4.43. The summed E-state index contributed by atoms with van der Waals surface area (Å²) in [5, 5.41) is 12.0. The van der Waals surface area contributed by atoms with Crippen LogP contribution in [0.15, 0.2) is 24.5 Å². The lowest BCUT2D eigenvalue weighted by atomic mass is 10.3. The summed E-state index contributed by atoms with van der Waals surface area (Å²) in [6, 6.07) is 4.06. The molecule has 3 rings (SSSR count). The van der Waals surface area contributed by atoms with E-state index in [4.69, 9.17) is 0 Å². The zero-order valence-corrected chi connectivity index (χ0v) is 12.9. The van der Waals surface area contributed by atoms with E-state index >= 15 is 0 Å². The number of rotatable bonds is 6. The van der Waals surface area contributed by atoms with Gasteiger partial charge < -0.3 is 10.6 Å². The van der Waals surface area contributed by atoms with E-state index in [9.17, 15) is 0 Å². The molecule has 0 radical (unpaired) electrons. The first-order chi connectivity index (χ1) is 10.2. The van der Waals surface area contributed by atoms with Crippen molar-refractivity contribution in [2.75, 3.05) is 23.7 Å². The molecule has 0 fully saturated rings. The van der Waals surface area contributed by atoms with Crippen LogP contribution in [0.4, 0.5) is 10.9 Å². The number of hydrogen-bond donors (Lipinski definition) is 2. The molecule has 0 aliphatic rings. The highest BCUT2D eigenvalue weighted by atomic mass is 32.1. The molecule has 3 heterocycles. The molecule has 0 unspecified atom stereocenters. The molecule has 110 valence electrons. The van der Waals surface area contributed by atoms with Gasteiger partial charge in [0.15, 0.2) is 0 Å². The van der Waals surface area contributed by atoms with E-state index < -0.39 is 0 Å². The monoisotopic (exact) mass is 302 g/mol. The van der Waals surface area contributed by atoms with Crippen LogP contribution in [0.3, 0.4) is 0 Å². The van der Waals surface area contributed by atoms with Crippen LogP contribution in [-0.4, -0.2) is 32.7 Å². The molecule has 0 spiro atoms. The lowest BCUT2D eigenvalue weighted by Gasteiger charge is -2.05. The third kappa shape index (κ3) is 3.49. The molecule has 3 aromatic heterocycles. The number of hydrogen-bond acceptors (Lipinski definition) is 6. The SMILES string of the molecule is Cc1ccc(NCCCNc2nn3cc(C)nc3s2)nc1. The Kier molecular flexibility index (Phi) is 4.01. The highest BCUT2D eigenvalue weighted by Gasteiger charge is 2.05. The van der Waals surface area contributed by atoms with Crippen molar-refractivity contribution in [3.05, 3.63) is 35.8 Å². The van der Waals surface area contributed by atoms with Gasteiger partial charge in [0, 0.05) is 19.3 Å². The number of nitrogens with one attached hydrogen (secondary N) is 2. The fraction of sp³-hybridized carbons (Fsp3) is 0.357. The molecule has 0 aliphatic heterocycles. The van der Waals surface area contributed by atoms with Gasteiger partial charge in [-0.25, -0.2) is 14.5 Å². The van der Waals surface area contributed by atoms with Crippen LogP contribution in [0.1, 0.15) is 17.7 Å². The van der Waals surface area contributed by atoms with Crippen LogP contribution in [-0.2, 0) is 0 Å². The van der Waals surface area contributed by atoms with E-state index in [-0.39, 0.29) is 0 Å². The molecule has 0 saturated carbocycles. The van der Waals surface area contributed by atoms with Gasteiger partial charge in [0.25, 0.3) is 0 Å². The van der Waals surface area contributed by atoms with Crippen molar-refractivity contribution in [2.24, 2.45) is 0 Å². The number of nitrogens with zero attached hydrogens (tertiary/aromatic N) is 4. The van der Waals surface area contributed by atoms with Crippen LogP contribution in [0.25, 0.3) is 4.96 Å². The predicted octanol–water partition coefficient (Wildman–Crippen LogP) is 2.72. The summed E-state index contributed by atoms with van der Waals surface area (Å²) in [5.74, 6) is 0.920. The van der Waals surface area contributed by atoms with Gasteiger partial charge in [-0.2, -0.15) is 0 Å². The van der Waals surface area contributed by atoms with E-state index in [1.165, 1.54) is 5.56 Å². The molecule has 7 heteroatoms. The Morgan fingerprint density at radius 3 is 2.81 bits per heavy atom. The molecule has 0 atom stereocenters. The first-order valence-electron chi connectivity index (χ1n) is 6.94. The largest absolute Gasteiger partial charge is 0.370 e. The number of aryl methyl sites for hydroxylation is 2. The van der Waals surface area contributed by atoms with Crippen LogP contribution in [0.5, 0.6) is 0 Å². The third-order valence-electron chi connectivity index (χ3n) is 3.01. The molecule has 0 bridgehead atoms. The highest BCUT2D eigenvalue weighted by molar-refractivity contribution is 7.20. The quantitative estimate of drug-likeness (QED) is 0.685. The first-order valence-corrected chi connectivity index (χ1v) is 7.75. The van der Waals surface area contributed by atoms with Gasteiger partial charge in [-0.15, -0.1) is 5.10 Å². The molecule has 2 N–H and O–H groups in total. The number of pyridine rings is 1. The summed E-state index contributed by atoms with van der Waals surface area (Å²) in [7, 11) is 0. The van der Waals surface area contributed by atoms with Crippen molar-refractivity contribution < 1.29 is 0 Å². The Balaban J connectivity index is 1.41. The van der Waals surface area contributed by atoms with Crippen molar-refractivity contribution in [1.29, 1.82) is 0 Å². The number of fused-ring (bicyclic) bond motifs is 1. The van der Waals surface area contributed by atoms with E-state index in [1.807, 2.05) is 36.8 Å². The van der Waals surface area contributed by atoms with Crippen LogP contribution >= 0.6 is 11.3 Å². The number of imidazole rings is 1. The minimum atomic E-state index is 0.870. The summed E-state index contributed by atoms with van der Waals surface area (Å²) in [6.07, 6.45) is 4.80. The Bertz CT molecular complexity index is 683. The van der Waals surface area contributed by atoms with E-state index in [0.29, 0.717) is 0 Å². The molecule has 0 aliphatic carbocycles. The van der Waals surface area contributed by atoms with Crippen molar-refractivity contribution in [1.82, 2.24) is 19.6 Å². The topological polar surface area (TPSA) is 67.1 Å². The fourth-order valence-corrected chi connectivity index (χ4v) is 2.81. The average molecular weight is 302 g/mol. The molecular weight excluding hydrogens is 284 g/mol. The summed E-state index contributed by atoms with van der Waals surface area (Å²) in [5.41, 5.74) is 2.17. The fourth-order valence-electron chi connectivity index (χ4n) is 1.95. The second-order valence-electron chi connectivity index (χ2n) is 4.94. The van der Waals surface area contributed by atoms with E-state index in [1.54, 1.807) is 11.3 Å². The lowest BCUT2D eigenvalue weighted by Crippen LogP contribution is -2.09. The zero-order chi connectivity index (χ0) is 14.7. The van der Waals surface area contributed by atoms with Crippen molar-refractivity contribution in [2.45, 2.75) is 20.3 Å². The molecular formula is C14H18N6S. The Hall–Kier alpha value is -2.15. The second kappa shape index (κ2) is 6.09.